The monoisotopic (exact) mass is 467 g/mol. The maximum Gasteiger partial charge on any atom is 0.413 e. The van der Waals surface area contributed by atoms with Crippen LogP contribution in [0.5, 0.6) is 0 Å². The second-order valence-corrected chi connectivity index (χ2v) is 11.7. The molecule has 2 bridgehead atoms. The van der Waals surface area contributed by atoms with Crippen LogP contribution in [-0.4, -0.2) is 24.1 Å². The summed E-state index contributed by atoms with van der Waals surface area (Å²) in [6, 6.07) is 13.5. The van der Waals surface area contributed by atoms with Gasteiger partial charge in [0.25, 0.3) is 0 Å². The predicted molar refractivity (Wildman–Crippen MR) is 136 cm³/mol. The average Bonchev–Trinajstić information content (AvgIpc) is 3.54. The number of hydrogen-bond donors (Lipinski definition) is 0. The standard InChI is InChI=1S/C28H21NO2S2/c1-31-28(30)29-11-10-18-21-16-8-4-5-9-17(16)22(24(18)29)23-26(21)33-25-19-12-14-6-2-3-7-15(14)13-20(19)32-27(23)25/h2-13,16-18,21-22,24H,1H3/t16?,17?,18?,21?,22-,24?/m0/s1. The molecule has 4 aromatic rings. The molecule has 5 unspecified atom stereocenters. The fourth-order valence-corrected chi connectivity index (χ4v) is 10.2. The Labute approximate surface area is 199 Å². The van der Waals surface area contributed by atoms with E-state index in [4.69, 9.17) is 4.74 Å². The molecule has 9 rings (SSSR count). The van der Waals surface area contributed by atoms with Crippen LogP contribution in [0.2, 0.25) is 0 Å². The van der Waals surface area contributed by atoms with E-state index in [2.05, 4.69) is 66.8 Å². The number of amides is 1. The Morgan fingerprint density at radius 2 is 1.67 bits per heavy atom. The van der Waals surface area contributed by atoms with Gasteiger partial charge in [0.2, 0.25) is 0 Å². The molecule has 3 heterocycles. The van der Waals surface area contributed by atoms with E-state index in [1.807, 2.05) is 33.8 Å². The van der Waals surface area contributed by atoms with Gasteiger partial charge in [0.15, 0.2) is 0 Å². The lowest BCUT2D eigenvalue weighted by Crippen LogP contribution is -2.54. The van der Waals surface area contributed by atoms with Gasteiger partial charge in [-0.2, -0.15) is 0 Å². The van der Waals surface area contributed by atoms with Crippen molar-refractivity contribution < 1.29 is 9.53 Å². The highest BCUT2D eigenvalue weighted by Crippen LogP contribution is 2.66. The van der Waals surface area contributed by atoms with Gasteiger partial charge < -0.3 is 4.74 Å². The van der Waals surface area contributed by atoms with E-state index in [1.165, 1.54) is 42.9 Å². The predicted octanol–water partition coefficient (Wildman–Crippen LogP) is 7.40. The van der Waals surface area contributed by atoms with E-state index in [-0.39, 0.29) is 18.1 Å². The van der Waals surface area contributed by atoms with Gasteiger partial charge in [-0.15, -0.1) is 22.7 Å². The molecule has 5 aliphatic rings. The van der Waals surface area contributed by atoms with E-state index < -0.39 is 0 Å². The number of methoxy groups -OCH3 is 1. The van der Waals surface area contributed by atoms with Crippen molar-refractivity contribution in [1.29, 1.82) is 0 Å². The number of rotatable bonds is 0. The van der Waals surface area contributed by atoms with Crippen LogP contribution in [0.25, 0.3) is 30.3 Å². The van der Waals surface area contributed by atoms with Gasteiger partial charge in [0.05, 0.1) is 22.6 Å². The average molecular weight is 468 g/mol. The molecule has 1 aliphatic heterocycles. The van der Waals surface area contributed by atoms with Crippen LogP contribution in [-0.2, 0) is 4.74 Å². The quantitative estimate of drug-likeness (QED) is 0.270. The topological polar surface area (TPSA) is 29.5 Å². The highest BCUT2D eigenvalue weighted by atomic mass is 32.1. The molecule has 3 nitrogen and oxygen atoms in total. The smallest absolute Gasteiger partial charge is 0.413 e. The Bertz CT molecular complexity index is 1590. The van der Waals surface area contributed by atoms with Gasteiger partial charge in [-0.05, 0) is 40.3 Å². The second-order valence-electron chi connectivity index (χ2n) is 9.60. The molecule has 0 radical (unpaired) electrons. The summed E-state index contributed by atoms with van der Waals surface area (Å²) in [6.45, 7) is 0. The third-order valence-corrected chi connectivity index (χ3v) is 10.9. The summed E-state index contributed by atoms with van der Waals surface area (Å²) in [4.78, 5) is 16.1. The number of carbonyl (C=O) groups is 1. The van der Waals surface area contributed by atoms with Crippen molar-refractivity contribution >= 4 is 59.0 Å². The summed E-state index contributed by atoms with van der Waals surface area (Å²) in [5.74, 6) is 1.95. The second kappa shape index (κ2) is 6.37. The Hall–Kier alpha value is -2.89. The maximum atomic E-state index is 12.7. The number of benzene rings is 2. The van der Waals surface area contributed by atoms with Crippen LogP contribution < -0.4 is 0 Å². The minimum Gasteiger partial charge on any atom is -0.452 e. The zero-order valence-corrected chi connectivity index (χ0v) is 19.6. The van der Waals surface area contributed by atoms with Crippen molar-refractivity contribution in [3.8, 4) is 0 Å². The highest BCUT2D eigenvalue weighted by molar-refractivity contribution is 7.33. The molecule has 0 saturated heterocycles. The molecular formula is C28H21NO2S2. The number of fused-ring (bicyclic) bond motifs is 4. The van der Waals surface area contributed by atoms with Crippen LogP contribution in [0, 0.1) is 17.8 Å². The SMILES string of the molecule is COC(=O)N1C=CC2C3c4sc5c(sc6cc7ccccc7cc65)c4[C@H](C4C=CC=CC34)C21. The Morgan fingerprint density at radius 1 is 0.909 bits per heavy atom. The normalized spacial score (nSPS) is 30.9. The summed E-state index contributed by atoms with van der Waals surface area (Å²) in [5.41, 5.74) is 1.50. The third kappa shape index (κ3) is 2.22. The zero-order chi connectivity index (χ0) is 21.8. The molecule has 33 heavy (non-hydrogen) atoms. The summed E-state index contributed by atoms with van der Waals surface area (Å²) in [6.07, 6.45) is 13.2. The molecule has 2 aromatic heterocycles. The van der Waals surface area contributed by atoms with Gasteiger partial charge in [-0.1, -0.05) is 54.6 Å². The van der Waals surface area contributed by atoms with Gasteiger partial charge >= 0.3 is 6.09 Å². The van der Waals surface area contributed by atoms with Gasteiger partial charge in [-0.25, -0.2) is 4.79 Å². The molecule has 5 heteroatoms. The Kier molecular flexibility index (Phi) is 3.57. The van der Waals surface area contributed by atoms with Crippen LogP contribution in [0.15, 0.2) is 73.0 Å². The lowest BCUT2D eigenvalue weighted by Gasteiger charge is -2.54. The third-order valence-electron chi connectivity index (χ3n) is 8.27. The first-order valence-corrected chi connectivity index (χ1v) is 13.1. The van der Waals surface area contributed by atoms with E-state index >= 15 is 0 Å². The maximum absolute atomic E-state index is 12.7. The molecule has 0 N–H and O–H groups in total. The first-order chi connectivity index (χ1) is 16.2. The van der Waals surface area contributed by atoms with E-state index in [0.29, 0.717) is 23.7 Å². The first kappa shape index (κ1) is 18.5. The van der Waals surface area contributed by atoms with E-state index in [9.17, 15) is 4.79 Å². The van der Waals surface area contributed by atoms with Crippen molar-refractivity contribution in [3.05, 3.63) is 83.4 Å². The Morgan fingerprint density at radius 3 is 2.45 bits per heavy atom. The highest BCUT2D eigenvalue weighted by Gasteiger charge is 2.60. The van der Waals surface area contributed by atoms with Crippen molar-refractivity contribution in [2.24, 2.45) is 17.8 Å². The molecular weight excluding hydrogens is 446 g/mol. The first-order valence-electron chi connectivity index (χ1n) is 11.5. The molecule has 1 fully saturated rings. The molecule has 4 aliphatic carbocycles. The molecule has 6 atom stereocenters. The lowest BCUT2D eigenvalue weighted by molar-refractivity contribution is 0.0698. The fraction of sp³-hybridized carbons (Fsp3) is 0.250. The van der Waals surface area contributed by atoms with Crippen molar-refractivity contribution in [1.82, 2.24) is 4.90 Å². The van der Waals surface area contributed by atoms with Crippen molar-refractivity contribution in [2.45, 2.75) is 17.9 Å². The minimum atomic E-state index is -0.242. The number of carbonyl (C=O) groups excluding carboxylic acids is 1. The number of ether oxygens (including phenoxy) is 1. The molecule has 0 spiro atoms. The summed E-state index contributed by atoms with van der Waals surface area (Å²) in [5, 5.41) is 3.98. The Balaban J connectivity index is 1.41. The number of hydrogen-bond acceptors (Lipinski definition) is 4. The number of nitrogens with zero attached hydrogens (tertiary/aromatic N) is 1. The molecule has 162 valence electrons. The van der Waals surface area contributed by atoms with Gasteiger partial charge in [0.1, 0.15) is 0 Å². The van der Waals surface area contributed by atoms with Crippen LogP contribution in [0.4, 0.5) is 4.79 Å². The van der Waals surface area contributed by atoms with Crippen LogP contribution in [0.3, 0.4) is 0 Å². The van der Waals surface area contributed by atoms with Crippen LogP contribution >= 0.6 is 22.7 Å². The number of allylic oxidation sites excluding steroid dienone is 4. The van der Waals surface area contributed by atoms with Crippen LogP contribution in [0.1, 0.15) is 22.3 Å². The van der Waals surface area contributed by atoms with Gasteiger partial charge in [0, 0.05) is 38.9 Å². The van der Waals surface area contributed by atoms with Crippen molar-refractivity contribution in [2.75, 3.05) is 7.11 Å². The summed E-state index contributed by atoms with van der Waals surface area (Å²) in [7, 11) is 1.49. The van der Waals surface area contributed by atoms with Crippen molar-refractivity contribution in [3.63, 3.8) is 0 Å². The molecule has 2 aromatic carbocycles. The molecule has 1 amide bonds. The largest absolute Gasteiger partial charge is 0.452 e. The summed E-state index contributed by atoms with van der Waals surface area (Å²) < 4.78 is 9.41. The van der Waals surface area contributed by atoms with E-state index in [1.54, 1.807) is 4.88 Å². The fourth-order valence-electron chi connectivity index (χ4n) is 7.06. The zero-order valence-electron chi connectivity index (χ0n) is 18.0. The number of thiophene rings is 2. The summed E-state index contributed by atoms with van der Waals surface area (Å²) >= 11 is 3.95. The molecule has 1 saturated carbocycles. The van der Waals surface area contributed by atoms with E-state index in [0.717, 1.165) is 0 Å². The lowest BCUT2D eigenvalue weighted by atomic mass is 9.52. The van der Waals surface area contributed by atoms with Gasteiger partial charge in [-0.3, -0.25) is 4.90 Å². The minimum absolute atomic E-state index is 0.134.